The highest BCUT2D eigenvalue weighted by Gasteiger charge is 2.16. The van der Waals surface area contributed by atoms with Gasteiger partial charge in [-0.25, -0.2) is 8.42 Å². The Labute approximate surface area is 155 Å². The number of benzene rings is 2. The molecule has 2 aromatic rings. The summed E-state index contributed by atoms with van der Waals surface area (Å²) < 4.78 is 26.6. The van der Waals surface area contributed by atoms with Crippen molar-refractivity contribution in [2.45, 2.75) is 19.9 Å². The molecule has 0 atom stereocenters. The van der Waals surface area contributed by atoms with Gasteiger partial charge in [0.25, 0.3) is 5.91 Å². The van der Waals surface area contributed by atoms with Crippen molar-refractivity contribution < 1.29 is 13.2 Å². The van der Waals surface area contributed by atoms with E-state index in [2.05, 4.69) is 10.0 Å². The van der Waals surface area contributed by atoms with Crippen LogP contribution in [0.1, 0.15) is 29.3 Å². The molecule has 7 heteroatoms. The molecular weight excluding hydrogens is 350 g/mol. The van der Waals surface area contributed by atoms with E-state index in [4.69, 9.17) is 0 Å². The molecule has 0 radical (unpaired) electrons. The van der Waals surface area contributed by atoms with E-state index in [1.807, 2.05) is 37.2 Å². The normalized spacial score (nSPS) is 11.4. The van der Waals surface area contributed by atoms with E-state index < -0.39 is 10.0 Å². The van der Waals surface area contributed by atoms with E-state index in [1.54, 1.807) is 37.3 Å². The van der Waals surface area contributed by atoms with Crippen LogP contribution in [0.2, 0.25) is 0 Å². The summed E-state index contributed by atoms with van der Waals surface area (Å²) in [6.45, 7) is 2.55. The zero-order valence-corrected chi connectivity index (χ0v) is 16.1. The topological polar surface area (TPSA) is 78.5 Å². The first kappa shape index (κ1) is 19.9. The lowest BCUT2D eigenvalue weighted by atomic mass is 10.1. The fourth-order valence-electron chi connectivity index (χ4n) is 2.57. The predicted molar refractivity (Wildman–Crippen MR) is 106 cm³/mol. The molecule has 140 valence electrons. The third kappa shape index (κ3) is 5.86. The largest absolute Gasteiger partial charge is 0.322 e. The molecule has 0 aliphatic rings. The van der Waals surface area contributed by atoms with Crippen molar-refractivity contribution in [2.24, 2.45) is 0 Å². The Bertz CT molecular complexity index is 864. The number of sulfonamides is 1. The van der Waals surface area contributed by atoms with Gasteiger partial charge in [-0.05, 0) is 50.3 Å². The molecule has 0 aromatic heterocycles. The van der Waals surface area contributed by atoms with E-state index in [0.29, 0.717) is 12.1 Å². The van der Waals surface area contributed by atoms with E-state index in [-0.39, 0.29) is 22.9 Å². The monoisotopic (exact) mass is 375 g/mol. The molecule has 1 amide bonds. The van der Waals surface area contributed by atoms with Crippen molar-refractivity contribution in [3.05, 3.63) is 59.7 Å². The quantitative estimate of drug-likeness (QED) is 0.743. The molecule has 0 heterocycles. The molecule has 6 nitrogen and oxygen atoms in total. The van der Waals surface area contributed by atoms with Crippen molar-refractivity contribution in [1.82, 2.24) is 4.90 Å². The Hall–Kier alpha value is -2.38. The van der Waals surface area contributed by atoms with E-state index in [0.717, 1.165) is 12.1 Å². The maximum Gasteiger partial charge on any atom is 0.257 e. The minimum atomic E-state index is -3.47. The summed E-state index contributed by atoms with van der Waals surface area (Å²) >= 11 is 0. The maximum atomic E-state index is 12.7. The Morgan fingerprint density at radius 1 is 1.08 bits per heavy atom. The van der Waals surface area contributed by atoms with Gasteiger partial charge in [-0.3, -0.25) is 9.52 Å². The lowest BCUT2D eigenvalue weighted by molar-refractivity contribution is 0.102. The summed E-state index contributed by atoms with van der Waals surface area (Å²) in [5.74, 6) is -0.350. The molecule has 0 aliphatic heterocycles. The van der Waals surface area contributed by atoms with Gasteiger partial charge in [-0.15, -0.1) is 0 Å². The Kier molecular flexibility index (Phi) is 6.76. The number of hydrogen-bond donors (Lipinski definition) is 2. The van der Waals surface area contributed by atoms with E-state index >= 15 is 0 Å². The molecule has 26 heavy (non-hydrogen) atoms. The third-order valence-electron chi connectivity index (χ3n) is 3.59. The summed E-state index contributed by atoms with van der Waals surface area (Å²) in [6.07, 6.45) is 0.502. The highest BCUT2D eigenvalue weighted by atomic mass is 32.2. The lowest BCUT2D eigenvalue weighted by Gasteiger charge is -2.14. The van der Waals surface area contributed by atoms with Gasteiger partial charge in [0, 0.05) is 12.2 Å². The van der Waals surface area contributed by atoms with Crippen LogP contribution in [-0.2, 0) is 16.6 Å². The Morgan fingerprint density at radius 3 is 2.50 bits per heavy atom. The van der Waals surface area contributed by atoms with Gasteiger partial charge < -0.3 is 10.2 Å². The van der Waals surface area contributed by atoms with Crippen molar-refractivity contribution in [3.8, 4) is 0 Å². The van der Waals surface area contributed by atoms with E-state index in [1.165, 1.54) is 0 Å². The van der Waals surface area contributed by atoms with Gasteiger partial charge >= 0.3 is 0 Å². The molecule has 0 bridgehead atoms. The molecule has 0 unspecified atom stereocenters. The minimum absolute atomic E-state index is 0.00946. The van der Waals surface area contributed by atoms with Gasteiger partial charge in [-0.1, -0.05) is 31.2 Å². The predicted octanol–water partition coefficient (Wildman–Crippen LogP) is 3.15. The van der Waals surface area contributed by atoms with Gasteiger partial charge in [0.05, 0.1) is 17.0 Å². The summed E-state index contributed by atoms with van der Waals surface area (Å²) in [6, 6.07) is 14.2. The van der Waals surface area contributed by atoms with Gasteiger partial charge in [0.2, 0.25) is 10.0 Å². The molecule has 0 saturated carbocycles. The van der Waals surface area contributed by atoms with E-state index in [9.17, 15) is 13.2 Å². The van der Waals surface area contributed by atoms with Crippen LogP contribution in [0.5, 0.6) is 0 Å². The summed E-state index contributed by atoms with van der Waals surface area (Å²) in [5.41, 5.74) is 2.30. The molecule has 0 aliphatic carbocycles. The molecular formula is C19H25N3O3S. The number of carbonyl (C=O) groups is 1. The number of anilines is 2. The van der Waals surface area contributed by atoms with Crippen LogP contribution in [0.15, 0.2) is 48.5 Å². The molecule has 0 fully saturated rings. The Balaban J connectivity index is 2.20. The number of carbonyl (C=O) groups excluding carboxylic acids is 1. The third-order valence-corrected chi connectivity index (χ3v) is 5.07. The number of amides is 1. The number of nitrogens with one attached hydrogen (secondary N) is 2. The lowest BCUT2D eigenvalue weighted by Crippen LogP contribution is -2.20. The zero-order valence-electron chi connectivity index (χ0n) is 15.3. The maximum absolute atomic E-state index is 12.7. The number of para-hydroxylation sites is 1. The smallest absolute Gasteiger partial charge is 0.257 e. The van der Waals surface area contributed by atoms with Crippen LogP contribution in [0.4, 0.5) is 11.4 Å². The van der Waals surface area contributed by atoms with Crippen LogP contribution in [0.3, 0.4) is 0 Å². The SMILES string of the molecule is CCCS(=O)(=O)Nc1ccccc1C(=O)Nc1cccc(CN(C)C)c1. The molecule has 2 rings (SSSR count). The average molecular weight is 375 g/mol. The highest BCUT2D eigenvalue weighted by molar-refractivity contribution is 7.92. The average Bonchev–Trinajstić information content (AvgIpc) is 2.54. The summed E-state index contributed by atoms with van der Waals surface area (Å²) in [5, 5.41) is 2.84. The Morgan fingerprint density at radius 2 is 1.81 bits per heavy atom. The first-order chi connectivity index (χ1) is 12.3. The van der Waals surface area contributed by atoms with Crippen LogP contribution >= 0.6 is 0 Å². The standard InChI is InChI=1S/C19H25N3O3S/c1-4-12-26(24,25)21-18-11-6-5-10-17(18)19(23)20-16-9-7-8-15(13-16)14-22(2)3/h5-11,13,21H,4,12,14H2,1-3H3,(H,20,23). The zero-order chi connectivity index (χ0) is 19.2. The van der Waals surface area contributed by atoms with Crippen molar-refractivity contribution in [3.63, 3.8) is 0 Å². The first-order valence-corrected chi connectivity index (χ1v) is 10.1. The fourth-order valence-corrected chi connectivity index (χ4v) is 3.72. The summed E-state index contributed by atoms with van der Waals surface area (Å²) in [7, 11) is 0.483. The van der Waals surface area contributed by atoms with Crippen LogP contribution in [-0.4, -0.2) is 39.1 Å². The highest BCUT2D eigenvalue weighted by Crippen LogP contribution is 2.20. The fraction of sp³-hybridized carbons (Fsp3) is 0.316. The number of rotatable bonds is 8. The van der Waals surface area contributed by atoms with Crippen molar-refractivity contribution in [2.75, 3.05) is 29.9 Å². The first-order valence-electron chi connectivity index (χ1n) is 8.45. The molecule has 2 N–H and O–H groups in total. The number of nitrogens with zero attached hydrogens (tertiary/aromatic N) is 1. The van der Waals surface area contributed by atoms with Crippen molar-refractivity contribution >= 4 is 27.3 Å². The molecule has 0 spiro atoms. The van der Waals surface area contributed by atoms with Crippen LogP contribution in [0, 0.1) is 0 Å². The van der Waals surface area contributed by atoms with Gasteiger partial charge in [0.15, 0.2) is 0 Å². The van der Waals surface area contributed by atoms with Gasteiger partial charge in [-0.2, -0.15) is 0 Å². The van der Waals surface area contributed by atoms with Gasteiger partial charge in [0.1, 0.15) is 0 Å². The minimum Gasteiger partial charge on any atom is -0.322 e. The second-order valence-electron chi connectivity index (χ2n) is 6.36. The second-order valence-corrected chi connectivity index (χ2v) is 8.20. The molecule has 0 saturated heterocycles. The summed E-state index contributed by atoms with van der Waals surface area (Å²) in [4.78, 5) is 14.7. The molecule has 2 aromatic carbocycles. The number of hydrogen-bond acceptors (Lipinski definition) is 4. The van der Waals surface area contributed by atoms with Crippen LogP contribution < -0.4 is 10.0 Å². The van der Waals surface area contributed by atoms with Crippen molar-refractivity contribution in [1.29, 1.82) is 0 Å². The second kappa shape index (κ2) is 8.82. The van der Waals surface area contributed by atoms with Crippen LogP contribution in [0.25, 0.3) is 0 Å².